The molecule has 2 N–H and O–H groups in total. The van der Waals surface area contributed by atoms with Crippen molar-refractivity contribution in [3.05, 3.63) is 30.2 Å². The summed E-state index contributed by atoms with van der Waals surface area (Å²) < 4.78 is 6.53. The molecule has 0 fully saturated rings. The number of hydrogen-bond acceptors (Lipinski definition) is 4. The number of rotatable bonds is 3. The first-order chi connectivity index (χ1) is 8.13. The lowest BCUT2D eigenvalue weighted by molar-refractivity contribution is 0.0992. The molecule has 0 bridgehead atoms. The fourth-order valence-corrected chi connectivity index (χ4v) is 1.60. The number of aryl methyl sites for hydroxylation is 1. The maximum Gasteiger partial charge on any atom is 0.267 e. The zero-order valence-corrected chi connectivity index (χ0v) is 9.54. The molecule has 0 atom stereocenters. The molecular formula is C11H12N4O2. The Kier molecular flexibility index (Phi) is 2.78. The standard InChI is InChI=1S/C11H12N4O2/c1-15-10(11(12)16)8(6-14-15)9-5-7(17-2)3-4-13-9/h3-6H,1-2H3,(H2,12,16). The van der Waals surface area contributed by atoms with Gasteiger partial charge >= 0.3 is 0 Å². The number of pyridine rings is 1. The summed E-state index contributed by atoms with van der Waals surface area (Å²) in [5, 5.41) is 4.00. The van der Waals surface area contributed by atoms with E-state index in [-0.39, 0.29) is 0 Å². The van der Waals surface area contributed by atoms with Crippen LogP contribution in [0.15, 0.2) is 24.5 Å². The zero-order valence-electron chi connectivity index (χ0n) is 9.54. The summed E-state index contributed by atoms with van der Waals surface area (Å²) in [7, 11) is 3.22. The second kappa shape index (κ2) is 4.25. The van der Waals surface area contributed by atoms with Gasteiger partial charge in [-0.15, -0.1) is 0 Å². The first-order valence-corrected chi connectivity index (χ1v) is 4.95. The maximum atomic E-state index is 11.3. The SMILES string of the molecule is COc1ccnc(-c2cnn(C)c2C(N)=O)c1. The van der Waals surface area contributed by atoms with Crippen LogP contribution in [-0.2, 0) is 7.05 Å². The predicted octanol–water partition coefficient (Wildman–Crippen LogP) is 0.590. The molecule has 1 amide bonds. The number of nitrogens with zero attached hydrogens (tertiary/aromatic N) is 3. The molecule has 2 aromatic rings. The minimum Gasteiger partial charge on any atom is -0.497 e. The highest BCUT2D eigenvalue weighted by Gasteiger charge is 2.16. The van der Waals surface area contributed by atoms with E-state index >= 15 is 0 Å². The number of amides is 1. The molecule has 2 aromatic heterocycles. The molecule has 0 unspecified atom stereocenters. The first kappa shape index (κ1) is 11.1. The second-order valence-corrected chi connectivity index (χ2v) is 3.48. The summed E-state index contributed by atoms with van der Waals surface area (Å²) in [6.45, 7) is 0. The van der Waals surface area contributed by atoms with Crippen LogP contribution in [-0.4, -0.2) is 27.8 Å². The molecule has 0 aromatic carbocycles. The van der Waals surface area contributed by atoms with Crippen molar-refractivity contribution in [2.24, 2.45) is 12.8 Å². The number of hydrogen-bond donors (Lipinski definition) is 1. The number of ether oxygens (including phenoxy) is 1. The predicted molar refractivity (Wildman–Crippen MR) is 61.5 cm³/mol. The Hall–Kier alpha value is -2.37. The third-order valence-corrected chi connectivity index (χ3v) is 2.42. The van der Waals surface area contributed by atoms with E-state index in [2.05, 4.69) is 10.1 Å². The highest BCUT2D eigenvalue weighted by molar-refractivity contribution is 5.97. The van der Waals surface area contributed by atoms with Gasteiger partial charge in [-0.25, -0.2) is 0 Å². The van der Waals surface area contributed by atoms with E-state index < -0.39 is 5.91 Å². The van der Waals surface area contributed by atoms with Crippen LogP contribution in [0.1, 0.15) is 10.5 Å². The summed E-state index contributed by atoms with van der Waals surface area (Å²) in [5.74, 6) is 0.124. The Bertz CT molecular complexity index is 562. The van der Waals surface area contributed by atoms with E-state index in [1.165, 1.54) is 4.68 Å². The average Bonchev–Trinajstić information content (AvgIpc) is 2.71. The number of nitrogens with two attached hydrogens (primary N) is 1. The Morgan fingerprint density at radius 3 is 2.94 bits per heavy atom. The molecule has 0 aliphatic carbocycles. The van der Waals surface area contributed by atoms with Crippen molar-refractivity contribution in [3.8, 4) is 17.0 Å². The summed E-state index contributed by atoms with van der Waals surface area (Å²) in [6.07, 6.45) is 3.16. The van der Waals surface area contributed by atoms with E-state index in [4.69, 9.17) is 10.5 Å². The maximum absolute atomic E-state index is 11.3. The van der Waals surface area contributed by atoms with Gasteiger partial charge < -0.3 is 10.5 Å². The zero-order chi connectivity index (χ0) is 12.4. The van der Waals surface area contributed by atoms with Crippen LogP contribution in [0.5, 0.6) is 5.75 Å². The Labute approximate surface area is 98.0 Å². The normalized spacial score (nSPS) is 10.2. The minimum absolute atomic E-state index is 0.325. The summed E-state index contributed by atoms with van der Waals surface area (Å²) in [5.41, 5.74) is 6.83. The van der Waals surface area contributed by atoms with Crippen LogP contribution in [0.4, 0.5) is 0 Å². The molecule has 88 valence electrons. The molecule has 2 heterocycles. The summed E-state index contributed by atoms with van der Waals surface area (Å²) >= 11 is 0. The third kappa shape index (κ3) is 1.96. The Morgan fingerprint density at radius 1 is 1.53 bits per heavy atom. The second-order valence-electron chi connectivity index (χ2n) is 3.48. The van der Waals surface area contributed by atoms with Gasteiger partial charge in [-0.1, -0.05) is 0 Å². The number of aromatic nitrogens is 3. The van der Waals surface area contributed by atoms with E-state index in [1.54, 1.807) is 38.7 Å². The van der Waals surface area contributed by atoms with Crippen LogP contribution in [0.3, 0.4) is 0 Å². The fraction of sp³-hybridized carbons (Fsp3) is 0.182. The van der Waals surface area contributed by atoms with Gasteiger partial charge in [0.1, 0.15) is 11.4 Å². The molecule has 6 nitrogen and oxygen atoms in total. The van der Waals surface area contributed by atoms with Crippen LogP contribution in [0, 0.1) is 0 Å². The summed E-state index contributed by atoms with van der Waals surface area (Å²) in [4.78, 5) is 15.5. The van der Waals surface area contributed by atoms with Gasteiger partial charge in [0.05, 0.1) is 24.6 Å². The minimum atomic E-state index is -0.537. The Morgan fingerprint density at radius 2 is 2.29 bits per heavy atom. The van der Waals surface area contributed by atoms with Gasteiger partial charge in [-0.05, 0) is 6.07 Å². The van der Waals surface area contributed by atoms with Crippen molar-refractivity contribution in [1.29, 1.82) is 0 Å². The molecule has 0 saturated heterocycles. The number of methoxy groups -OCH3 is 1. The van der Waals surface area contributed by atoms with E-state index in [0.29, 0.717) is 22.7 Å². The molecule has 0 saturated carbocycles. The summed E-state index contributed by atoms with van der Waals surface area (Å²) in [6, 6.07) is 3.45. The van der Waals surface area contributed by atoms with Gasteiger partial charge in [0.15, 0.2) is 0 Å². The third-order valence-electron chi connectivity index (χ3n) is 2.42. The lowest BCUT2D eigenvalue weighted by atomic mass is 10.1. The highest BCUT2D eigenvalue weighted by Crippen LogP contribution is 2.23. The van der Waals surface area contributed by atoms with Crippen LogP contribution >= 0.6 is 0 Å². The molecule has 6 heteroatoms. The lowest BCUT2D eigenvalue weighted by Crippen LogP contribution is -2.16. The molecule has 17 heavy (non-hydrogen) atoms. The van der Waals surface area contributed by atoms with Gasteiger partial charge in [-0.2, -0.15) is 5.10 Å². The number of carbonyl (C=O) groups is 1. The van der Waals surface area contributed by atoms with Crippen LogP contribution in [0.2, 0.25) is 0 Å². The quantitative estimate of drug-likeness (QED) is 0.839. The van der Waals surface area contributed by atoms with Crippen molar-refractivity contribution in [1.82, 2.24) is 14.8 Å². The van der Waals surface area contributed by atoms with E-state index in [1.807, 2.05) is 0 Å². The van der Waals surface area contributed by atoms with Gasteiger partial charge in [0.2, 0.25) is 0 Å². The van der Waals surface area contributed by atoms with Crippen molar-refractivity contribution < 1.29 is 9.53 Å². The largest absolute Gasteiger partial charge is 0.497 e. The average molecular weight is 232 g/mol. The molecule has 0 aliphatic rings. The van der Waals surface area contributed by atoms with Crippen molar-refractivity contribution >= 4 is 5.91 Å². The molecule has 0 aliphatic heterocycles. The smallest absolute Gasteiger partial charge is 0.267 e. The van der Waals surface area contributed by atoms with Crippen molar-refractivity contribution in [3.63, 3.8) is 0 Å². The first-order valence-electron chi connectivity index (χ1n) is 4.95. The van der Waals surface area contributed by atoms with Crippen molar-refractivity contribution in [2.75, 3.05) is 7.11 Å². The van der Waals surface area contributed by atoms with Crippen molar-refractivity contribution in [2.45, 2.75) is 0 Å². The van der Waals surface area contributed by atoms with Gasteiger partial charge in [-0.3, -0.25) is 14.5 Å². The molecular weight excluding hydrogens is 220 g/mol. The monoisotopic (exact) mass is 232 g/mol. The molecule has 0 spiro atoms. The lowest BCUT2D eigenvalue weighted by Gasteiger charge is -2.03. The highest BCUT2D eigenvalue weighted by atomic mass is 16.5. The number of primary amides is 1. The molecule has 2 rings (SSSR count). The van der Waals surface area contributed by atoms with E-state index in [0.717, 1.165) is 0 Å². The number of carbonyl (C=O) groups excluding carboxylic acids is 1. The van der Waals surface area contributed by atoms with E-state index in [9.17, 15) is 4.79 Å². The van der Waals surface area contributed by atoms with Gasteiger partial charge in [0.25, 0.3) is 5.91 Å². The van der Waals surface area contributed by atoms with Gasteiger partial charge in [0, 0.05) is 19.3 Å². The topological polar surface area (TPSA) is 83.0 Å². The van der Waals surface area contributed by atoms with Crippen LogP contribution in [0.25, 0.3) is 11.3 Å². The Balaban J connectivity index is 2.56. The molecule has 0 radical (unpaired) electrons. The van der Waals surface area contributed by atoms with Crippen LogP contribution < -0.4 is 10.5 Å². The fourth-order valence-electron chi connectivity index (χ4n) is 1.60.